The lowest BCUT2D eigenvalue weighted by Gasteiger charge is -2.09. The third-order valence-corrected chi connectivity index (χ3v) is 2.76. The van der Waals surface area contributed by atoms with E-state index in [9.17, 15) is 19.3 Å². The molecule has 0 aliphatic heterocycles. The van der Waals surface area contributed by atoms with Crippen LogP contribution in [0.5, 0.6) is 0 Å². The highest BCUT2D eigenvalue weighted by atomic mass is 19.1. The van der Waals surface area contributed by atoms with Gasteiger partial charge < -0.3 is 10.1 Å². The number of halogens is 1. The van der Waals surface area contributed by atoms with E-state index in [4.69, 9.17) is 0 Å². The van der Waals surface area contributed by atoms with Crippen LogP contribution in [0.4, 0.5) is 21.5 Å². The molecular formula is C14H11FN2O4. The Morgan fingerprint density at radius 2 is 1.95 bits per heavy atom. The van der Waals surface area contributed by atoms with Gasteiger partial charge >= 0.3 is 5.97 Å². The SMILES string of the molecule is COC(=O)c1ccc([N+](=O)[O-])c(Nc2ccccc2F)c1. The topological polar surface area (TPSA) is 81.5 Å². The molecule has 0 aliphatic carbocycles. The van der Waals surface area contributed by atoms with Crippen molar-refractivity contribution in [3.8, 4) is 0 Å². The standard InChI is InChI=1S/C14H11FN2O4/c1-21-14(18)9-6-7-13(17(19)20)12(8-9)16-11-5-3-2-4-10(11)15/h2-8,16H,1H3. The molecule has 21 heavy (non-hydrogen) atoms. The normalized spacial score (nSPS) is 10.0. The lowest BCUT2D eigenvalue weighted by Crippen LogP contribution is -2.04. The lowest BCUT2D eigenvalue weighted by atomic mass is 10.1. The van der Waals surface area contributed by atoms with E-state index in [-0.39, 0.29) is 22.6 Å². The molecule has 0 radical (unpaired) electrons. The molecule has 108 valence electrons. The Labute approximate surface area is 119 Å². The molecule has 0 amide bonds. The molecule has 0 saturated heterocycles. The Bertz CT molecular complexity index is 703. The molecule has 0 aliphatic rings. The van der Waals surface area contributed by atoms with Gasteiger partial charge in [0.25, 0.3) is 5.69 Å². The number of esters is 1. The van der Waals surface area contributed by atoms with Crippen LogP contribution < -0.4 is 5.32 Å². The summed E-state index contributed by atoms with van der Waals surface area (Å²) in [6, 6.07) is 9.42. The number of ether oxygens (including phenoxy) is 1. The first-order valence-corrected chi connectivity index (χ1v) is 5.91. The highest BCUT2D eigenvalue weighted by Crippen LogP contribution is 2.29. The summed E-state index contributed by atoms with van der Waals surface area (Å²) in [4.78, 5) is 21.9. The van der Waals surface area contributed by atoms with Crippen LogP contribution >= 0.6 is 0 Å². The minimum Gasteiger partial charge on any atom is -0.465 e. The number of hydrogen-bond acceptors (Lipinski definition) is 5. The molecule has 2 aromatic carbocycles. The second-order valence-electron chi connectivity index (χ2n) is 4.09. The highest BCUT2D eigenvalue weighted by molar-refractivity contribution is 5.92. The summed E-state index contributed by atoms with van der Waals surface area (Å²) in [7, 11) is 1.20. The van der Waals surface area contributed by atoms with Crippen molar-refractivity contribution in [2.24, 2.45) is 0 Å². The van der Waals surface area contributed by atoms with Crippen LogP contribution in [0.3, 0.4) is 0 Å². The van der Waals surface area contributed by atoms with Gasteiger partial charge in [-0.3, -0.25) is 10.1 Å². The summed E-state index contributed by atoms with van der Waals surface area (Å²) in [5, 5.41) is 13.6. The van der Waals surface area contributed by atoms with Crippen molar-refractivity contribution in [3.05, 3.63) is 64.0 Å². The Kier molecular flexibility index (Phi) is 4.13. The molecule has 2 rings (SSSR count). The van der Waals surface area contributed by atoms with Gasteiger partial charge in [-0.25, -0.2) is 9.18 Å². The molecule has 7 heteroatoms. The van der Waals surface area contributed by atoms with Gasteiger partial charge in [-0.1, -0.05) is 12.1 Å². The zero-order valence-corrected chi connectivity index (χ0v) is 11.0. The summed E-state index contributed by atoms with van der Waals surface area (Å²) >= 11 is 0. The van der Waals surface area contributed by atoms with Crippen molar-refractivity contribution in [3.63, 3.8) is 0 Å². The van der Waals surface area contributed by atoms with Crippen LogP contribution in [-0.2, 0) is 4.74 Å². The zero-order chi connectivity index (χ0) is 15.4. The third-order valence-electron chi connectivity index (χ3n) is 2.76. The van der Waals surface area contributed by atoms with Gasteiger partial charge in [0, 0.05) is 6.07 Å². The van der Waals surface area contributed by atoms with Crippen molar-refractivity contribution in [1.29, 1.82) is 0 Å². The van der Waals surface area contributed by atoms with Crippen molar-refractivity contribution >= 4 is 23.0 Å². The monoisotopic (exact) mass is 290 g/mol. The quantitative estimate of drug-likeness (QED) is 0.531. The Morgan fingerprint density at radius 3 is 2.57 bits per heavy atom. The van der Waals surface area contributed by atoms with Crippen molar-refractivity contribution in [2.45, 2.75) is 0 Å². The molecule has 6 nitrogen and oxygen atoms in total. The first-order valence-electron chi connectivity index (χ1n) is 5.91. The summed E-state index contributed by atoms with van der Waals surface area (Å²) < 4.78 is 18.2. The van der Waals surface area contributed by atoms with Crippen LogP contribution in [0.25, 0.3) is 0 Å². The van der Waals surface area contributed by atoms with Crippen LogP contribution in [-0.4, -0.2) is 18.0 Å². The fourth-order valence-corrected chi connectivity index (χ4v) is 1.75. The van der Waals surface area contributed by atoms with E-state index in [1.807, 2.05) is 0 Å². The molecule has 0 unspecified atom stereocenters. The molecule has 0 fully saturated rings. The highest BCUT2D eigenvalue weighted by Gasteiger charge is 2.18. The summed E-state index contributed by atoms with van der Waals surface area (Å²) in [6.07, 6.45) is 0. The molecule has 0 atom stereocenters. The van der Waals surface area contributed by atoms with Gasteiger partial charge in [0.2, 0.25) is 0 Å². The van der Waals surface area contributed by atoms with E-state index >= 15 is 0 Å². The summed E-state index contributed by atoms with van der Waals surface area (Å²) in [5.74, 6) is -1.20. The smallest absolute Gasteiger partial charge is 0.337 e. The average Bonchev–Trinajstić information content (AvgIpc) is 2.48. The fraction of sp³-hybridized carbons (Fsp3) is 0.0714. The number of nitro groups is 1. The number of nitro benzene ring substituents is 1. The first-order chi connectivity index (χ1) is 10.0. The molecule has 0 aromatic heterocycles. The molecule has 0 saturated carbocycles. The average molecular weight is 290 g/mol. The Hall–Kier alpha value is -2.96. The molecule has 0 heterocycles. The number of rotatable bonds is 4. The second kappa shape index (κ2) is 6.00. The number of hydrogen-bond donors (Lipinski definition) is 1. The third kappa shape index (κ3) is 3.14. The van der Waals surface area contributed by atoms with Gasteiger partial charge in [-0.15, -0.1) is 0 Å². The molecule has 2 aromatic rings. The zero-order valence-electron chi connectivity index (χ0n) is 11.0. The molecule has 1 N–H and O–H groups in total. The predicted octanol–water partition coefficient (Wildman–Crippen LogP) is 3.26. The van der Waals surface area contributed by atoms with Gasteiger partial charge in [-0.2, -0.15) is 0 Å². The maximum atomic E-state index is 13.6. The largest absolute Gasteiger partial charge is 0.465 e. The van der Waals surface area contributed by atoms with Crippen LogP contribution in [0.15, 0.2) is 42.5 Å². The van der Waals surface area contributed by atoms with E-state index in [2.05, 4.69) is 10.1 Å². The first kappa shape index (κ1) is 14.4. The minimum absolute atomic E-state index is 0.00741. The van der Waals surface area contributed by atoms with E-state index in [1.54, 1.807) is 6.07 Å². The van der Waals surface area contributed by atoms with Crippen LogP contribution in [0, 0.1) is 15.9 Å². The Morgan fingerprint density at radius 1 is 1.24 bits per heavy atom. The fourth-order valence-electron chi connectivity index (χ4n) is 1.75. The molecule has 0 spiro atoms. The number of benzene rings is 2. The van der Waals surface area contributed by atoms with E-state index in [0.29, 0.717) is 0 Å². The maximum Gasteiger partial charge on any atom is 0.337 e. The predicted molar refractivity (Wildman–Crippen MR) is 74.1 cm³/mol. The van der Waals surface area contributed by atoms with Crippen molar-refractivity contribution < 1.29 is 18.8 Å². The minimum atomic E-state index is -0.638. The van der Waals surface area contributed by atoms with Gasteiger partial charge in [0.15, 0.2) is 0 Å². The maximum absolute atomic E-state index is 13.6. The van der Waals surface area contributed by atoms with Gasteiger partial charge in [0.1, 0.15) is 11.5 Å². The number of nitrogens with one attached hydrogen (secondary N) is 1. The summed E-state index contributed by atoms with van der Waals surface area (Å²) in [5.41, 5.74) is -0.0662. The van der Waals surface area contributed by atoms with Crippen LogP contribution in [0.1, 0.15) is 10.4 Å². The lowest BCUT2D eigenvalue weighted by molar-refractivity contribution is -0.383. The van der Waals surface area contributed by atoms with Crippen LogP contribution in [0.2, 0.25) is 0 Å². The Balaban J connectivity index is 2.46. The number of para-hydroxylation sites is 1. The van der Waals surface area contributed by atoms with Crippen molar-refractivity contribution in [1.82, 2.24) is 0 Å². The van der Waals surface area contributed by atoms with Crippen molar-refractivity contribution in [2.75, 3.05) is 12.4 Å². The number of nitrogens with zero attached hydrogens (tertiary/aromatic N) is 1. The molecule has 0 bridgehead atoms. The number of carbonyl (C=O) groups excluding carboxylic acids is 1. The summed E-state index contributed by atoms with van der Waals surface area (Å²) in [6.45, 7) is 0. The van der Waals surface area contributed by atoms with Gasteiger partial charge in [-0.05, 0) is 24.3 Å². The number of carbonyl (C=O) groups is 1. The van der Waals surface area contributed by atoms with E-state index in [1.165, 1.54) is 37.4 Å². The molecular weight excluding hydrogens is 279 g/mol. The van der Waals surface area contributed by atoms with E-state index in [0.717, 1.165) is 6.07 Å². The van der Waals surface area contributed by atoms with E-state index < -0.39 is 16.7 Å². The van der Waals surface area contributed by atoms with Gasteiger partial charge in [0.05, 0.1) is 23.3 Å². The number of methoxy groups -OCH3 is 1. The second-order valence-corrected chi connectivity index (χ2v) is 4.09. The number of anilines is 2.